The smallest absolute Gasteiger partial charge is 0.334 e. The van der Waals surface area contributed by atoms with Gasteiger partial charge >= 0.3 is 5.69 Å². The van der Waals surface area contributed by atoms with E-state index in [1.807, 2.05) is 42.5 Å². The Labute approximate surface area is 151 Å². The SMILES string of the molecule is O=[N+]([O-])c1c(Nc2nccs2)ncnc1Nc1cccc2ccccc12. The van der Waals surface area contributed by atoms with Crippen molar-refractivity contribution < 1.29 is 4.92 Å². The van der Waals surface area contributed by atoms with Gasteiger partial charge in [-0.1, -0.05) is 36.4 Å². The van der Waals surface area contributed by atoms with E-state index in [1.165, 1.54) is 17.7 Å². The number of nitro groups is 1. The largest absolute Gasteiger partial charge is 0.353 e. The zero-order valence-corrected chi connectivity index (χ0v) is 14.1. The van der Waals surface area contributed by atoms with Gasteiger partial charge in [0.15, 0.2) is 5.13 Å². The number of anilines is 4. The molecular weight excluding hydrogens is 352 g/mol. The summed E-state index contributed by atoms with van der Waals surface area (Å²) in [5, 5.41) is 21.8. The van der Waals surface area contributed by atoms with E-state index in [4.69, 9.17) is 0 Å². The highest BCUT2D eigenvalue weighted by Gasteiger charge is 2.24. The highest BCUT2D eigenvalue weighted by Crippen LogP contribution is 2.34. The Kier molecular flexibility index (Phi) is 4.12. The van der Waals surface area contributed by atoms with E-state index in [-0.39, 0.29) is 17.3 Å². The van der Waals surface area contributed by atoms with E-state index in [0.29, 0.717) is 5.13 Å². The van der Waals surface area contributed by atoms with Crippen LogP contribution in [0.5, 0.6) is 0 Å². The molecule has 0 aliphatic rings. The number of hydrogen-bond donors (Lipinski definition) is 2. The van der Waals surface area contributed by atoms with E-state index >= 15 is 0 Å². The molecule has 0 saturated carbocycles. The van der Waals surface area contributed by atoms with Gasteiger partial charge in [-0.3, -0.25) is 10.1 Å². The number of nitrogens with zero attached hydrogens (tertiary/aromatic N) is 4. The lowest BCUT2D eigenvalue weighted by atomic mass is 10.1. The van der Waals surface area contributed by atoms with Crippen LogP contribution < -0.4 is 10.6 Å². The second kappa shape index (κ2) is 6.73. The molecule has 0 bridgehead atoms. The third kappa shape index (κ3) is 3.03. The van der Waals surface area contributed by atoms with Gasteiger partial charge in [0.2, 0.25) is 11.6 Å². The van der Waals surface area contributed by atoms with Gasteiger partial charge in [-0.2, -0.15) is 0 Å². The van der Waals surface area contributed by atoms with E-state index in [1.54, 1.807) is 11.6 Å². The minimum Gasteiger partial charge on any atom is -0.334 e. The molecule has 2 N–H and O–H groups in total. The summed E-state index contributed by atoms with van der Waals surface area (Å²) in [5.41, 5.74) is 0.487. The highest BCUT2D eigenvalue weighted by molar-refractivity contribution is 7.13. The second-order valence-corrected chi connectivity index (χ2v) is 6.19. The van der Waals surface area contributed by atoms with Gasteiger partial charge in [0.25, 0.3) is 0 Å². The zero-order valence-electron chi connectivity index (χ0n) is 13.3. The predicted octanol–water partition coefficient (Wildman–Crippen LogP) is 4.48. The quantitative estimate of drug-likeness (QED) is 0.397. The van der Waals surface area contributed by atoms with Crippen LogP contribution in [-0.4, -0.2) is 19.9 Å². The van der Waals surface area contributed by atoms with Crippen LogP contribution in [0.2, 0.25) is 0 Å². The van der Waals surface area contributed by atoms with E-state index in [0.717, 1.165) is 16.5 Å². The first-order valence-corrected chi connectivity index (χ1v) is 8.51. The molecule has 4 rings (SSSR count). The molecule has 4 aromatic rings. The van der Waals surface area contributed by atoms with Gasteiger partial charge in [0.05, 0.1) is 4.92 Å². The van der Waals surface area contributed by atoms with E-state index < -0.39 is 4.92 Å². The number of hydrogen-bond acceptors (Lipinski definition) is 8. The van der Waals surface area contributed by atoms with Crippen molar-refractivity contribution in [3.63, 3.8) is 0 Å². The highest BCUT2D eigenvalue weighted by atomic mass is 32.1. The Balaban J connectivity index is 1.77. The molecule has 0 spiro atoms. The molecule has 128 valence electrons. The summed E-state index contributed by atoms with van der Waals surface area (Å²) in [6, 6.07) is 13.5. The standard InChI is InChI=1S/C17H12N6O2S/c24-23(25)14-15(19-10-20-16(14)22-17-18-8-9-26-17)21-13-7-3-5-11-4-1-2-6-12(11)13/h1-10H,(H2,18,19,20,21,22). The Morgan fingerprint density at radius 3 is 2.50 bits per heavy atom. The molecule has 0 saturated heterocycles. The predicted molar refractivity (Wildman–Crippen MR) is 101 cm³/mol. The summed E-state index contributed by atoms with van der Waals surface area (Å²) in [5.74, 6) is 0.197. The Bertz CT molecular complexity index is 1080. The van der Waals surface area contributed by atoms with Gasteiger partial charge in [-0.15, -0.1) is 11.3 Å². The third-order valence-electron chi connectivity index (χ3n) is 3.71. The van der Waals surface area contributed by atoms with Gasteiger partial charge in [-0.25, -0.2) is 15.0 Å². The van der Waals surface area contributed by atoms with Crippen LogP contribution in [0.4, 0.5) is 28.1 Å². The average Bonchev–Trinajstić information content (AvgIpc) is 3.15. The fourth-order valence-electron chi connectivity index (χ4n) is 2.58. The maximum absolute atomic E-state index is 11.7. The molecule has 0 amide bonds. The van der Waals surface area contributed by atoms with Crippen LogP contribution in [-0.2, 0) is 0 Å². The summed E-state index contributed by atoms with van der Waals surface area (Å²) < 4.78 is 0. The number of aromatic nitrogens is 3. The molecule has 0 unspecified atom stereocenters. The van der Waals surface area contributed by atoms with Crippen molar-refractivity contribution >= 4 is 50.3 Å². The Morgan fingerprint density at radius 2 is 1.73 bits per heavy atom. The van der Waals surface area contributed by atoms with Crippen molar-refractivity contribution in [1.82, 2.24) is 15.0 Å². The fourth-order valence-corrected chi connectivity index (χ4v) is 3.11. The molecule has 8 nitrogen and oxygen atoms in total. The summed E-state index contributed by atoms with van der Waals surface area (Å²) in [6.45, 7) is 0. The molecule has 9 heteroatoms. The lowest BCUT2D eigenvalue weighted by Gasteiger charge is -2.11. The molecule has 0 fully saturated rings. The van der Waals surface area contributed by atoms with Crippen LogP contribution in [0.15, 0.2) is 60.4 Å². The van der Waals surface area contributed by atoms with Gasteiger partial charge in [-0.05, 0) is 11.5 Å². The maximum atomic E-state index is 11.7. The minimum absolute atomic E-state index is 0.0858. The number of benzene rings is 2. The first-order valence-electron chi connectivity index (χ1n) is 7.63. The van der Waals surface area contributed by atoms with Crippen molar-refractivity contribution in [3.05, 3.63) is 70.5 Å². The van der Waals surface area contributed by atoms with Crippen molar-refractivity contribution in [2.45, 2.75) is 0 Å². The molecule has 2 aromatic heterocycles. The van der Waals surface area contributed by atoms with Crippen molar-refractivity contribution in [2.75, 3.05) is 10.6 Å². The first kappa shape index (κ1) is 15.9. The summed E-state index contributed by atoms with van der Waals surface area (Å²) in [4.78, 5) is 23.3. The van der Waals surface area contributed by atoms with Crippen molar-refractivity contribution in [2.24, 2.45) is 0 Å². The molecule has 2 aromatic carbocycles. The number of fused-ring (bicyclic) bond motifs is 1. The van der Waals surface area contributed by atoms with E-state index in [9.17, 15) is 10.1 Å². The number of thiazole rings is 1. The maximum Gasteiger partial charge on any atom is 0.353 e. The molecule has 0 aliphatic heterocycles. The lowest BCUT2D eigenvalue weighted by molar-refractivity contribution is -0.383. The molecular formula is C17H12N6O2S. The molecule has 2 heterocycles. The minimum atomic E-state index is -0.511. The van der Waals surface area contributed by atoms with Gasteiger partial charge in [0.1, 0.15) is 6.33 Å². The van der Waals surface area contributed by atoms with E-state index in [2.05, 4.69) is 25.6 Å². The summed E-state index contributed by atoms with van der Waals surface area (Å²) >= 11 is 1.32. The number of nitrogens with one attached hydrogen (secondary N) is 2. The Morgan fingerprint density at radius 1 is 0.962 bits per heavy atom. The molecule has 26 heavy (non-hydrogen) atoms. The average molecular weight is 364 g/mol. The van der Waals surface area contributed by atoms with Crippen molar-refractivity contribution in [1.29, 1.82) is 0 Å². The summed E-state index contributed by atoms with van der Waals surface area (Å²) in [6.07, 6.45) is 2.88. The normalized spacial score (nSPS) is 10.6. The van der Waals surface area contributed by atoms with Crippen LogP contribution in [0.25, 0.3) is 10.8 Å². The molecule has 0 atom stereocenters. The molecule has 0 radical (unpaired) electrons. The molecule has 0 aliphatic carbocycles. The first-order chi connectivity index (χ1) is 12.7. The zero-order chi connectivity index (χ0) is 17.9. The van der Waals surface area contributed by atoms with Gasteiger partial charge in [0, 0.05) is 22.7 Å². The van der Waals surface area contributed by atoms with Crippen molar-refractivity contribution in [3.8, 4) is 0 Å². The second-order valence-electron chi connectivity index (χ2n) is 5.29. The van der Waals surface area contributed by atoms with Gasteiger partial charge < -0.3 is 10.6 Å². The topological polar surface area (TPSA) is 106 Å². The lowest BCUT2D eigenvalue weighted by Crippen LogP contribution is -2.05. The number of rotatable bonds is 5. The van der Waals surface area contributed by atoms with Crippen LogP contribution >= 0.6 is 11.3 Å². The third-order valence-corrected chi connectivity index (χ3v) is 4.39. The van der Waals surface area contributed by atoms with Crippen LogP contribution in [0.1, 0.15) is 0 Å². The summed E-state index contributed by atoms with van der Waals surface area (Å²) in [7, 11) is 0. The fraction of sp³-hybridized carbons (Fsp3) is 0. The van der Waals surface area contributed by atoms with Crippen LogP contribution in [0, 0.1) is 10.1 Å². The Hall–Kier alpha value is -3.59. The van der Waals surface area contributed by atoms with Crippen LogP contribution in [0.3, 0.4) is 0 Å². The monoisotopic (exact) mass is 364 g/mol.